The quantitative estimate of drug-likeness (QED) is 0.618. The molecule has 7 nitrogen and oxygen atoms in total. The molecule has 1 rings (SSSR count). The van der Waals surface area contributed by atoms with Crippen LogP contribution in [0.15, 0.2) is 0 Å². The molecule has 7 heteroatoms. The maximum absolute atomic E-state index is 11.5. The van der Waals surface area contributed by atoms with Gasteiger partial charge in [0.15, 0.2) is 5.82 Å². The van der Waals surface area contributed by atoms with Crippen LogP contribution >= 0.6 is 0 Å². The maximum atomic E-state index is 11.5. The number of likely N-dealkylation sites (N-methyl/N-ethyl adjacent to an activating group) is 1. The van der Waals surface area contributed by atoms with Crippen LogP contribution in [0.2, 0.25) is 0 Å². The van der Waals surface area contributed by atoms with Crippen LogP contribution in [0.5, 0.6) is 0 Å². The van der Waals surface area contributed by atoms with E-state index in [0.717, 1.165) is 0 Å². The first-order chi connectivity index (χ1) is 6.65. The fourth-order valence-electron chi connectivity index (χ4n) is 0.943. The number of carbonyl (C=O) groups is 1. The first-order valence-electron chi connectivity index (χ1n) is 4.21. The Morgan fingerprint density at radius 1 is 1.64 bits per heavy atom. The predicted octanol–water partition coefficient (Wildman–Crippen LogP) is -1.80. The highest BCUT2D eigenvalue weighted by Gasteiger charge is 2.12. The van der Waals surface area contributed by atoms with E-state index in [1.807, 2.05) is 0 Å². The number of aromatic nitrogens is 4. The summed E-state index contributed by atoms with van der Waals surface area (Å²) < 4.78 is 1.45. The van der Waals surface area contributed by atoms with Gasteiger partial charge in [-0.25, -0.2) is 4.68 Å². The minimum Gasteiger partial charge on any atom is -0.395 e. The summed E-state index contributed by atoms with van der Waals surface area (Å²) in [6, 6.07) is 0. The zero-order valence-electron chi connectivity index (χ0n) is 8.21. The van der Waals surface area contributed by atoms with Crippen LogP contribution in [-0.4, -0.2) is 56.3 Å². The average molecular weight is 199 g/mol. The molecule has 1 aromatic rings. The number of rotatable bonds is 4. The summed E-state index contributed by atoms with van der Waals surface area (Å²) in [5, 5.41) is 19.4. The Morgan fingerprint density at radius 3 is 2.86 bits per heavy atom. The molecule has 0 saturated carbocycles. The van der Waals surface area contributed by atoms with Gasteiger partial charge in [-0.1, -0.05) is 0 Å². The van der Waals surface area contributed by atoms with Crippen LogP contribution in [0.1, 0.15) is 5.82 Å². The van der Waals surface area contributed by atoms with Crippen molar-refractivity contribution in [3.63, 3.8) is 0 Å². The van der Waals surface area contributed by atoms with Gasteiger partial charge >= 0.3 is 0 Å². The number of aliphatic hydroxyl groups excluding tert-OH is 1. The minimum atomic E-state index is -0.114. The number of nitrogens with zero attached hydrogens (tertiary/aromatic N) is 5. The molecule has 1 aromatic heterocycles. The van der Waals surface area contributed by atoms with Crippen LogP contribution in [-0.2, 0) is 18.3 Å². The van der Waals surface area contributed by atoms with Crippen molar-refractivity contribution in [2.45, 2.75) is 6.42 Å². The zero-order chi connectivity index (χ0) is 10.6. The fraction of sp³-hybridized carbons (Fsp3) is 0.714. The topological polar surface area (TPSA) is 84.1 Å². The van der Waals surface area contributed by atoms with Crippen molar-refractivity contribution in [1.29, 1.82) is 0 Å². The van der Waals surface area contributed by atoms with E-state index in [4.69, 9.17) is 5.11 Å². The van der Waals surface area contributed by atoms with Gasteiger partial charge in [0, 0.05) is 20.6 Å². The number of tetrazole rings is 1. The first-order valence-corrected chi connectivity index (χ1v) is 4.21. The van der Waals surface area contributed by atoms with Crippen LogP contribution in [0, 0.1) is 0 Å². The van der Waals surface area contributed by atoms with Gasteiger partial charge in [-0.15, -0.1) is 5.10 Å². The maximum Gasteiger partial charge on any atom is 0.230 e. The number of amides is 1. The second-order valence-corrected chi connectivity index (χ2v) is 2.93. The molecular weight excluding hydrogens is 186 g/mol. The second-order valence-electron chi connectivity index (χ2n) is 2.93. The molecule has 0 spiro atoms. The van der Waals surface area contributed by atoms with Crippen molar-refractivity contribution >= 4 is 5.91 Å². The third-order valence-corrected chi connectivity index (χ3v) is 1.88. The molecule has 0 unspecified atom stereocenters. The lowest BCUT2D eigenvalue weighted by atomic mass is 10.3. The highest BCUT2D eigenvalue weighted by molar-refractivity contribution is 5.77. The minimum absolute atomic E-state index is 0.0424. The van der Waals surface area contributed by atoms with Crippen molar-refractivity contribution < 1.29 is 9.90 Å². The van der Waals surface area contributed by atoms with E-state index in [2.05, 4.69) is 15.5 Å². The van der Waals surface area contributed by atoms with Crippen molar-refractivity contribution in [1.82, 2.24) is 25.1 Å². The lowest BCUT2D eigenvalue weighted by Gasteiger charge is -2.14. The van der Waals surface area contributed by atoms with Gasteiger partial charge in [0.25, 0.3) is 0 Å². The van der Waals surface area contributed by atoms with E-state index < -0.39 is 0 Å². The largest absolute Gasteiger partial charge is 0.395 e. The normalized spacial score (nSPS) is 10.2. The fourth-order valence-corrected chi connectivity index (χ4v) is 0.943. The Kier molecular flexibility index (Phi) is 3.52. The Balaban J connectivity index is 2.53. The molecule has 78 valence electrons. The van der Waals surface area contributed by atoms with Gasteiger partial charge in [0.2, 0.25) is 5.91 Å². The van der Waals surface area contributed by atoms with Crippen LogP contribution < -0.4 is 0 Å². The van der Waals surface area contributed by atoms with E-state index >= 15 is 0 Å². The van der Waals surface area contributed by atoms with E-state index in [9.17, 15) is 4.79 Å². The van der Waals surface area contributed by atoms with Gasteiger partial charge in [-0.05, 0) is 10.4 Å². The Hall–Kier alpha value is -1.50. The standard InChI is InChI=1S/C7H13N5O2/c1-11(3-4-13)7(14)5-6-8-9-10-12(6)2/h13H,3-5H2,1-2H3. The Labute approximate surface area is 81.3 Å². The number of aryl methyl sites for hydroxylation is 1. The van der Waals surface area contributed by atoms with Gasteiger partial charge in [-0.3, -0.25) is 4.79 Å². The molecule has 0 aliphatic carbocycles. The zero-order valence-corrected chi connectivity index (χ0v) is 8.21. The molecule has 0 radical (unpaired) electrons. The van der Waals surface area contributed by atoms with Crippen molar-refractivity contribution in [3.8, 4) is 0 Å². The second kappa shape index (κ2) is 4.66. The Bertz CT molecular complexity index is 311. The molecule has 0 bridgehead atoms. The number of aliphatic hydroxyl groups is 1. The average Bonchev–Trinajstić information content (AvgIpc) is 2.52. The Morgan fingerprint density at radius 2 is 2.36 bits per heavy atom. The van der Waals surface area contributed by atoms with Gasteiger partial charge in [0.05, 0.1) is 13.0 Å². The van der Waals surface area contributed by atoms with Gasteiger partial charge in [0.1, 0.15) is 0 Å². The molecule has 0 aliphatic rings. The molecule has 1 amide bonds. The van der Waals surface area contributed by atoms with Crippen molar-refractivity contribution in [2.75, 3.05) is 20.2 Å². The summed E-state index contributed by atoms with van der Waals surface area (Å²) in [4.78, 5) is 12.9. The van der Waals surface area contributed by atoms with Crippen molar-refractivity contribution in [3.05, 3.63) is 5.82 Å². The van der Waals surface area contributed by atoms with Crippen molar-refractivity contribution in [2.24, 2.45) is 7.05 Å². The molecule has 0 aromatic carbocycles. The lowest BCUT2D eigenvalue weighted by molar-refractivity contribution is -0.129. The summed E-state index contributed by atoms with van der Waals surface area (Å²) in [6.45, 7) is 0.281. The summed E-state index contributed by atoms with van der Waals surface area (Å²) in [5.74, 6) is 0.400. The van der Waals surface area contributed by atoms with E-state index in [0.29, 0.717) is 12.4 Å². The number of hydrogen-bond acceptors (Lipinski definition) is 5. The molecule has 0 atom stereocenters. The SMILES string of the molecule is CN(CCO)C(=O)Cc1nnnn1C. The number of carbonyl (C=O) groups excluding carboxylic acids is 1. The smallest absolute Gasteiger partial charge is 0.230 e. The highest BCUT2D eigenvalue weighted by Crippen LogP contribution is 1.94. The van der Waals surface area contributed by atoms with Gasteiger partial charge in [-0.2, -0.15) is 0 Å². The molecular formula is C7H13N5O2. The van der Waals surface area contributed by atoms with E-state index in [1.54, 1.807) is 14.1 Å². The molecule has 0 aliphatic heterocycles. The van der Waals surface area contributed by atoms with Crippen LogP contribution in [0.25, 0.3) is 0 Å². The molecule has 0 saturated heterocycles. The van der Waals surface area contributed by atoms with Crippen LogP contribution in [0.4, 0.5) is 0 Å². The summed E-state index contributed by atoms with van der Waals surface area (Å²) in [5.41, 5.74) is 0. The molecule has 0 fully saturated rings. The summed E-state index contributed by atoms with van der Waals surface area (Å²) >= 11 is 0. The van der Waals surface area contributed by atoms with E-state index in [1.165, 1.54) is 9.58 Å². The van der Waals surface area contributed by atoms with Gasteiger partial charge < -0.3 is 10.0 Å². The predicted molar refractivity (Wildman–Crippen MR) is 47.2 cm³/mol. The third kappa shape index (κ3) is 2.49. The monoisotopic (exact) mass is 199 g/mol. The van der Waals surface area contributed by atoms with E-state index in [-0.39, 0.29) is 18.9 Å². The summed E-state index contributed by atoms with van der Waals surface area (Å²) in [7, 11) is 3.30. The summed E-state index contributed by atoms with van der Waals surface area (Å²) in [6.07, 6.45) is 0.153. The first kappa shape index (κ1) is 10.6. The van der Waals surface area contributed by atoms with Crippen LogP contribution in [0.3, 0.4) is 0 Å². The third-order valence-electron chi connectivity index (χ3n) is 1.88. The highest BCUT2D eigenvalue weighted by atomic mass is 16.3. The lowest BCUT2D eigenvalue weighted by Crippen LogP contribution is -2.31. The molecule has 14 heavy (non-hydrogen) atoms. The molecule has 1 heterocycles. The molecule has 1 N–H and O–H groups in total. The number of hydrogen-bond donors (Lipinski definition) is 1.